The third-order valence-electron chi connectivity index (χ3n) is 1.60. The van der Waals surface area contributed by atoms with Crippen LogP contribution in [0.25, 0.3) is 0 Å². The number of hydrogen-bond acceptors (Lipinski definition) is 2. The van der Waals surface area contributed by atoms with Crippen LogP contribution in [0.15, 0.2) is 0 Å². The second kappa shape index (κ2) is 5.71. The molecule has 0 N–H and O–H groups in total. The summed E-state index contributed by atoms with van der Waals surface area (Å²) in [6.45, 7) is 9.71. The molecule has 0 nitrogen and oxygen atoms in total. The predicted molar refractivity (Wildman–Crippen MR) is 64.2 cm³/mol. The molecule has 0 amide bonds. The van der Waals surface area contributed by atoms with E-state index in [0.717, 1.165) is 0 Å². The molecule has 0 heterocycles. The van der Waals surface area contributed by atoms with Crippen LogP contribution < -0.4 is 0 Å². The van der Waals surface area contributed by atoms with Crippen LogP contribution in [0.2, 0.25) is 0 Å². The maximum atomic E-state index is 12.3. The van der Waals surface area contributed by atoms with Crippen molar-refractivity contribution in [3.8, 4) is 0 Å². The van der Waals surface area contributed by atoms with Crippen LogP contribution in [0.3, 0.4) is 0 Å². The lowest BCUT2D eigenvalue weighted by atomic mass is 10.1. The van der Waals surface area contributed by atoms with Crippen molar-refractivity contribution in [2.45, 2.75) is 57.2 Å². The monoisotopic (exact) mass is 260 g/mol. The van der Waals surface area contributed by atoms with Gasteiger partial charge >= 0.3 is 6.18 Å². The van der Waals surface area contributed by atoms with Gasteiger partial charge in [0.15, 0.2) is 0 Å². The van der Waals surface area contributed by atoms with Crippen LogP contribution in [0.1, 0.15) is 41.0 Å². The molecule has 0 radical (unpaired) electrons. The number of halogens is 3. The zero-order valence-corrected chi connectivity index (χ0v) is 11.4. The molecule has 0 aromatic carbocycles. The summed E-state index contributed by atoms with van der Waals surface area (Å²) in [4.78, 5) is 0. The molecule has 1 unspecified atom stereocenters. The molecule has 0 aliphatic heterocycles. The summed E-state index contributed by atoms with van der Waals surface area (Å²) in [6, 6.07) is 0. The van der Waals surface area contributed by atoms with Gasteiger partial charge in [0.2, 0.25) is 0 Å². The number of alkyl halides is 3. The van der Waals surface area contributed by atoms with Crippen molar-refractivity contribution in [2.75, 3.05) is 0 Å². The van der Waals surface area contributed by atoms with E-state index in [1.54, 1.807) is 0 Å². The first-order valence-electron chi connectivity index (χ1n) is 4.92. The molecule has 1 atom stereocenters. The van der Waals surface area contributed by atoms with Crippen LogP contribution in [0.5, 0.6) is 0 Å². The molecule has 92 valence electrons. The third-order valence-corrected chi connectivity index (χ3v) is 5.68. The first-order chi connectivity index (χ1) is 6.51. The Morgan fingerprint density at radius 3 is 1.80 bits per heavy atom. The Labute approximate surface area is 98.2 Å². The Morgan fingerprint density at radius 2 is 1.53 bits per heavy atom. The van der Waals surface area contributed by atoms with Crippen LogP contribution in [-0.2, 0) is 0 Å². The van der Waals surface area contributed by atoms with Gasteiger partial charge in [0.1, 0.15) is 0 Å². The van der Waals surface area contributed by atoms with Gasteiger partial charge in [-0.05, 0) is 5.92 Å². The Morgan fingerprint density at radius 1 is 1.07 bits per heavy atom. The second-order valence-electron chi connectivity index (χ2n) is 4.89. The largest absolute Gasteiger partial charge is 0.390 e. The van der Waals surface area contributed by atoms with Gasteiger partial charge in [-0.1, -0.05) is 56.2 Å². The lowest BCUT2D eigenvalue weighted by molar-refractivity contribution is -0.135. The summed E-state index contributed by atoms with van der Waals surface area (Å²) in [7, 11) is 2.89. The lowest BCUT2D eigenvalue weighted by Crippen LogP contribution is -2.21. The van der Waals surface area contributed by atoms with Gasteiger partial charge in [-0.2, -0.15) is 13.2 Å². The molecule has 0 aromatic rings. The Balaban J connectivity index is 4.18. The minimum absolute atomic E-state index is 0.00338. The maximum Gasteiger partial charge on any atom is 0.390 e. The minimum Gasteiger partial charge on any atom is -0.171 e. The molecule has 0 aromatic heterocycles. The zero-order valence-electron chi connectivity index (χ0n) is 9.81. The molecule has 0 saturated heterocycles. The van der Waals surface area contributed by atoms with Crippen LogP contribution in [-0.4, -0.2) is 16.2 Å². The summed E-state index contributed by atoms with van der Waals surface area (Å²) in [5, 5.41) is -0.353. The van der Waals surface area contributed by atoms with Gasteiger partial charge in [0, 0.05) is 10.00 Å². The van der Waals surface area contributed by atoms with E-state index in [-0.39, 0.29) is 15.9 Å². The molecule has 0 aliphatic rings. The molecule has 0 saturated carbocycles. The molecular formula is C10H19F3S2. The summed E-state index contributed by atoms with van der Waals surface area (Å²) >= 11 is 0. The van der Waals surface area contributed by atoms with E-state index in [0.29, 0.717) is 0 Å². The van der Waals surface area contributed by atoms with E-state index in [4.69, 9.17) is 0 Å². The number of rotatable bonds is 4. The van der Waals surface area contributed by atoms with E-state index < -0.39 is 12.6 Å². The lowest BCUT2D eigenvalue weighted by Gasteiger charge is -2.25. The molecule has 15 heavy (non-hydrogen) atoms. The highest BCUT2D eigenvalue weighted by Gasteiger charge is 2.34. The highest BCUT2D eigenvalue weighted by atomic mass is 33.1. The Hall–Kier alpha value is 0.490. The Kier molecular flexibility index (Phi) is 5.90. The second-order valence-corrected chi connectivity index (χ2v) is 8.16. The van der Waals surface area contributed by atoms with Gasteiger partial charge in [0.05, 0.1) is 6.42 Å². The average Bonchev–Trinajstić information content (AvgIpc) is 1.93. The highest BCUT2D eigenvalue weighted by Crippen LogP contribution is 2.43. The summed E-state index contributed by atoms with van der Waals surface area (Å²) in [6.07, 6.45) is -4.75. The van der Waals surface area contributed by atoms with Gasteiger partial charge < -0.3 is 0 Å². The summed E-state index contributed by atoms with van der Waals surface area (Å²) in [5.41, 5.74) is 0. The van der Waals surface area contributed by atoms with Crippen molar-refractivity contribution in [1.29, 1.82) is 0 Å². The zero-order chi connectivity index (χ0) is 12.3. The highest BCUT2D eigenvalue weighted by molar-refractivity contribution is 8.77. The normalized spacial score (nSPS) is 15.8. The summed E-state index contributed by atoms with van der Waals surface area (Å²) < 4.78 is 36.8. The smallest absolute Gasteiger partial charge is 0.171 e. The molecule has 0 bridgehead atoms. The first kappa shape index (κ1) is 15.5. The van der Waals surface area contributed by atoms with Crippen LogP contribution in [0.4, 0.5) is 13.2 Å². The van der Waals surface area contributed by atoms with Gasteiger partial charge in [-0.3, -0.25) is 0 Å². The quantitative estimate of drug-likeness (QED) is 0.642. The van der Waals surface area contributed by atoms with Gasteiger partial charge in [-0.25, -0.2) is 0 Å². The molecule has 5 heteroatoms. The molecule has 0 spiro atoms. The minimum atomic E-state index is -4.06. The molecule has 0 rings (SSSR count). The topological polar surface area (TPSA) is 0 Å². The maximum absolute atomic E-state index is 12.3. The van der Waals surface area contributed by atoms with Crippen molar-refractivity contribution in [3.63, 3.8) is 0 Å². The fourth-order valence-electron chi connectivity index (χ4n) is 0.815. The standard InChI is InChI=1S/C10H19F3S2/c1-7(2)8(6-10(11,12)13)14-15-9(3,4)5/h7-8H,6H2,1-5H3. The van der Waals surface area contributed by atoms with Crippen molar-refractivity contribution in [3.05, 3.63) is 0 Å². The summed E-state index contributed by atoms with van der Waals surface area (Å²) in [5.74, 6) is 0.0477. The van der Waals surface area contributed by atoms with E-state index >= 15 is 0 Å². The fourth-order valence-corrected chi connectivity index (χ4v) is 3.81. The molecule has 0 fully saturated rings. The SMILES string of the molecule is CC(C)C(CC(F)(F)F)SSC(C)(C)C. The van der Waals surface area contributed by atoms with Crippen LogP contribution >= 0.6 is 21.6 Å². The van der Waals surface area contributed by atoms with Crippen molar-refractivity contribution in [1.82, 2.24) is 0 Å². The number of hydrogen-bond donors (Lipinski definition) is 0. The van der Waals surface area contributed by atoms with E-state index in [9.17, 15) is 13.2 Å². The molecular weight excluding hydrogens is 241 g/mol. The van der Waals surface area contributed by atoms with Gasteiger partial charge in [0.25, 0.3) is 0 Å². The fraction of sp³-hybridized carbons (Fsp3) is 1.00. The third kappa shape index (κ3) is 9.42. The van der Waals surface area contributed by atoms with Gasteiger partial charge in [-0.15, -0.1) is 0 Å². The van der Waals surface area contributed by atoms with Crippen LogP contribution in [0, 0.1) is 5.92 Å². The van der Waals surface area contributed by atoms with E-state index in [1.807, 2.05) is 34.6 Å². The average molecular weight is 260 g/mol. The Bertz CT molecular complexity index is 182. The predicted octanol–water partition coefficient (Wildman–Crippen LogP) is 5.14. The van der Waals surface area contributed by atoms with E-state index in [1.165, 1.54) is 21.6 Å². The van der Waals surface area contributed by atoms with E-state index in [2.05, 4.69) is 0 Å². The first-order valence-corrected chi connectivity index (χ1v) is 7.14. The molecule has 0 aliphatic carbocycles. The van der Waals surface area contributed by atoms with Crippen molar-refractivity contribution >= 4 is 21.6 Å². The van der Waals surface area contributed by atoms with Crippen molar-refractivity contribution in [2.24, 2.45) is 5.92 Å². The van der Waals surface area contributed by atoms with Crippen molar-refractivity contribution < 1.29 is 13.2 Å².